The molecule has 1 saturated heterocycles. The van der Waals surface area contributed by atoms with Crippen molar-refractivity contribution >= 4 is 11.9 Å². The normalized spacial score (nSPS) is 26.0. The highest BCUT2D eigenvalue weighted by Gasteiger charge is 2.32. The van der Waals surface area contributed by atoms with Crippen molar-refractivity contribution < 1.29 is 14.7 Å². The summed E-state index contributed by atoms with van der Waals surface area (Å²) >= 11 is 0. The Labute approximate surface area is 108 Å². The first-order chi connectivity index (χ1) is 8.68. The summed E-state index contributed by atoms with van der Waals surface area (Å²) < 4.78 is 0. The number of carbonyl (C=O) groups is 2. The number of carbonyl (C=O) groups excluding carboxylic acids is 1. The number of likely N-dealkylation sites (tertiary alicyclic amines) is 1. The molecule has 0 bridgehead atoms. The van der Waals surface area contributed by atoms with Crippen LogP contribution in [0.1, 0.15) is 57.8 Å². The number of carboxylic acids is 1. The van der Waals surface area contributed by atoms with Gasteiger partial charge in [-0.05, 0) is 38.0 Å². The van der Waals surface area contributed by atoms with E-state index in [0.29, 0.717) is 25.3 Å². The standard InChI is InChI=1S/C14H23NO3/c16-13(10-11-6-2-1-3-7-11)15-9-5-4-8-12(15)14(17)18/h11-12H,1-10H2,(H,17,18)/t12-/m0/s1. The molecule has 4 nitrogen and oxygen atoms in total. The zero-order chi connectivity index (χ0) is 13.0. The topological polar surface area (TPSA) is 57.6 Å². The fourth-order valence-electron chi connectivity index (χ4n) is 3.24. The Hall–Kier alpha value is -1.06. The zero-order valence-electron chi connectivity index (χ0n) is 10.9. The van der Waals surface area contributed by atoms with Crippen LogP contribution in [0.2, 0.25) is 0 Å². The molecule has 1 heterocycles. The molecule has 1 atom stereocenters. The number of amides is 1. The van der Waals surface area contributed by atoms with E-state index in [0.717, 1.165) is 25.7 Å². The van der Waals surface area contributed by atoms with Gasteiger partial charge in [0, 0.05) is 13.0 Å². The van der Waals surface area contributed by atoms with Crippen molar-refractivity contribution in [1.29, 1.82) is 0 Å². The van der Waals surface area contributed by atoms with Gasteiger partial charge in [-0.25, -0.2) is 4.79 Å². The van der Waals surface area contributed by atoms with E-state index in [-0.39, 0.29) is 5.91 Å². The SMILES string of the molecule is O=C(O)[C@@H]1CCCCN1C(=O)CC1CCCCC1. The largest absolute Gasteiger partial charge is 0.480 e. The van der Waals surface area contributed by atoms with Crippen molar-refractivity contribution in [2.45, 2.75) is 63.8 Å². The molecule has 1 aliphatic heterocycles. The quantitative estimate of drug-likeness (QED) is 0.840. The van der Waals surface area contributed by atoms with E-state index in [9.17, 15) is 9.59 Å². The summed E-state index contributed by atoms with van der Waals surface area (Å²) in [6.45, 7) is 0.628. The second-order valence-electron chi connectivity index (χ2n) is 5.65. The van der Waals surface area contributed by atoms with E-state index in [1.807, 2.05) is 0 Å². The lowest BCUT2D eigenvalue weighted by Gasteiger charge is -2.34. The minimum Gasteiger partial charge on any atom is -0.480 e. The van der Waals surface area contributed by atoms with E-state index >= 15 is 0 Å². The van der Waals surface area contributed by atoms with E-state index in [4.69, 9.17) is 5.11 Å². The maximum absolute atomic E-state index is 12.2. The first-order valence-corrected chi connectivity index (χ1v) is 7.21. The fourth-order valence-corrected chi connectivity index (χ4v) is 3.24. The van der Waals surface area contributed by atoms with Crippen LogP contribution in [0.3, 0.4) is 0 Å². The predicted molar refractivity (Wildman–Crippen MR) is 68.2 cm³/mol. The van der Waals surface area contributed by atoms with Crippen LogP contribution in [-0.4, -0.2) is 34.5 Å². The van der Waals surface area contributed by atoms with Gasteiger partial charge in [0.25, 0.3) is 0 Å². The molecule has 0 aromatic carbocycles. The zero-order valence-corrected chi connectivity index (χ0v) is 10.9. The molecular formula is C14H23NO3. The summed E-state index contributed by atoms with van der Waals surface area (Å²) in [6.07, 6.45) is 9.04. The van der Waals surface area contributed by atoms with Crippen LogP contribution < -0.4 is 0 Å². The average Bonchev–Trinajstić information content (AvgIpc) is 2.40. The molecular weight excluding hydrogens is 230 g/mol. The highest BCUT2D eigenvalue weighted by atomic mass is 16.4. The molecule has 0 aromatic heterocycles. The summed E-state index contributed by atoms with van der Waals surface area (Å²) in [6, 6.07) is -0.574. The molecule has 0 aromatic rings. The molecule has 18 heavy (non-hydrogen) atoms. The highest BCUT2D eigenvalue weighted by molar-refractivity contribution is 5.84. The summed E-state index contributed by atoms with van der Waals surface area (Å²) in [7, 11) is 0. The number of carboxylic acid groups (broad SMARTS) is 1. The van der Waals surface area contributed by atoms with Gasteiger partial charge < -0.3 is 10.0 Å². The van der Waals surface area contributed by atoms with E-state index < -0.39 is 12.0 Å². The van der Waals surface area contributed by atoms with Crippen LogP contribution in [0.25, 0.3) is 0 Å². The molecule has 4 heteroatoms. The Morgan fingerprint density at radius 1 is 1.00 bits per heavy atom. The molecule has 0 unspecified atom stereocenters. The Morgan fingerprint density at radius 2 is 1.67 bits per heavy atom. The summed E-state index contributed by atoms with van der Waals surface area (Å²) in [5.74, 6) is -0.289. The van der Waals surface area contributed by atoms with Crippen LogP contribution in [0.4, 0.5) is 0 Å². The maximum atomic E-state index is 12.2. The Kier molecular flexibility index (Phi) is 4.61. The number of hydrogen-bond donors (Lipinski definition) is 1. The molecule has 2 rings (SSSR count). The van der Waals surface area contributed by atoms with Gasteiger partial charge >= 0.3 is 5.97 Å². The summed E-state index contributed by atoms with van der Waals surface area (Å²) in [5.41, 5.74) is 0. The lowest BCUT2D eigenvalue weighted by Crippen LogP contribution is -2.48. The van der Waals surface area contributed by atoms with Crippen molar-refractivity contribution in [3.8, 4) is 0 Å². The van der Waals surface area contributed by atoms with Crippen molar-refractivity contribution in [2.24, 2.45) is 5.92 Å². The Morgan fingerprint density at radius 3 is 2.33 bits per heavy atom. The second kappa shape index (κ2) is 6.21. The molecule has 1 N–H and O–H groups in total. The molecule has 2 aliphatic rings. The first kappa shape index (κ1) is 13.4. The molecule has 1 saturated carbocycles. The third-order valence-corrected chi connectivity index (χ3v) is 4.30. The lowest BCUT2D eigenvalue weighted by atomic mass is 9.86. The van der Waals surface area contributed by atoms with Crippen LogP contribution in [0, 0.1) is 5.92 Å². The number of nitrogens with zero attached hydrogens (tertiary/aromatic N) is 1. The van der Waals surface area contributed by atoms with E-state index in [1.54, 1.807) is 4.90 Å². The van der Waals surface area contributed by atoms with Crippen LogP contribution >= 0.6 is 0 Å². The van der Waals surface area contributed by atoms with Gasteiger partial charge in [0.2, 0.25) is 5.91 Å². The molecule has 2 fully saturated rings. The molecule has 1 amide bonds. The van der Waals surface area contributed by atoms with Crippen molar-refractivity contribution in [2.75, 3.05) is 6.54 Å². The van der Waals surface area contributed by atoms with Gasteiger partial charge in [-0.3, -0.25) is 4.79 Å². The molecule has 1 aliphatic carbocycles. The van der Waals surface area contributed by atoms with Gasteiger partial charge in [-0.15, -0.1) is 0 Å². The Bertz CT molecular complexity index is 310. The van der Waals surface area contributed by atoms with Gasteiger partial charge in [-0.2, -0.15) is 0 Å². The lowest BCUT2D eigenvalue weighted by molar-refractivity contribution is -0.152. The van der Waals surface area contributed by atoms with Gasteiger partial charge in [-0.1, -0.05) is 19.3 Å². The molecule has 0 spiro atoms. The number of aliphatic carboxylic acids is 1. The van der Waals surface area contributed by atoms with E-state index in [2.05, 4.69) is 0 Å². The third kappa shape index (κ3) is 3.24. The van der Waals surface area contributed by atoms with Crippen LogP contribution in [0.5, 0.6) is 0 Å². The smallest absolute Gasteiger partial charge is 0.326 e. The minimum atomic E-state index is -0.841. The second-order valence-corrected chi connectivity index (χ2v) is 5.65. The number of piperidine rings is 1. The monoisotopic (exact) mass is 253 g/mol. The fraction of sp³-hybridized carbons (Fsp3) is 0.857. The maximum Gasteiger partial charge on any atom is 0.326 e. The van der Waals surface area contributed by atoms with Gasteiger partial charge in [0.15, 0.2) is 0 Å². The molecule has 0 radical (unpaired) electrons. The van der Waals surface area contributed by atoms with E-state index in [1.165, 1.54) is 19.3 Å². The van der Waals surface area contributed by atoms with Crippen molar-refractivity contribution in [3.05, 3.63) is 0 Å². The first-order valence-electron chi connectivity index (χ1n) is 7.21. The number of hydrogen-bond acceptors (Lipinski definition) is 2. The number of rotatable bonds is 3. The summed E-state index contributed by atoms with van der Waals surface area (Å²) in [5, 5.41) is 9.17. The average molecular weight is 253 g/mol. The van der Waals surface area contributed by atoms with Gasteiger partial charge in [0.05, 0.1) is 0 Å². The Balaban J connectivity index is 1.91. The highest BCUT2D eigenvalue weighted by Crippen LogP contribution is 2.28. The van der Waals surface area contributed by atoms with Crippen LogP contribution in [0.15, 0.2) is 0 Å². The van der Waals surface area contributed by atoms with Crippen molar-refractivity contribution in [1.82, 2.24) is 4.90 Å². The third-order valence-electron chi connectivity index (χ3n) is 4.30. The molecule has 102 valence electrons. The van der Waals surface area contributed by atoms with Crippen molar-refractivity contribution in [3.63, 3.8) is 0 Å². The minimum absolute atomic E-state index is 0.0639. The predicted octanol–water partition coefficient (Wildman–Crippen LogP) is 2.42. The summed E-state index contributed by atoms with van der Waals surface area (Å²) in [4.78, 5) is 25.0. The van der Waals surface area contributed by atoms with Gasteiger partial charge in [0.1, 0.15) is 6.04 Å². The van der Waals surface area contributed by atoms with Crippen LogP contribution in [-0.2, 0) is 9.59 Å².